The van der Waals surface area contributed by atoms with E-state index in [0.717, 1.165) is 11.1 Å². The van der Waals surface area contributed by atoms with Crippen LogP contribution in [0.15, 0.2) is 54.6 Å². The Kier molecular flexibility index (Phi) is 5.21. The second-order valence-electron chi connectivity index (χ2n) is 6.01. The highest BCUT2D eigenvalue weighted by Gasteiger charge is 2.49. The van der Waals surface area contributed by atoms with Crippen LogP contribution in [0, 0.1) is 0 Å². The average molecular weight is 361 g/mol. The monoisotopic (exact) mass is 361 g/mol. The molecule has 2 aromatic rings. The summed E-state index contributed by atoms with van der Waals surface area (Å²) in [5.41, 5.74) is 2.09. The van der Waals surface area contributed by atoms with Crippen LogP contribution in [0.1, 0.15) is 0 Å². The summed E-state index contributed by atoms with van der Waals surface area (Å²) in [4.78, 5) is 11.1. The number of aliphatic hydroxyl groups is 3. The molecule has 2 aromatic carbocycles. The minimum absolute atomic E-state index is 0.224. The number of carboxylic acid groups (broad SMARTS) is 1. The van der Waals surface area contributed by atoms with Gasteiger partial charge in [0.05, 0.1) is 5.69 Å². The summed E-state index contributed by atoms with van der Waals surface area (Å²) in [7, 11) is 0. The maximum Gasteiger partial charge on any atom is 0.335 e. The van der Waals surface area contributed by atoms with E-state index in [9.17, 15) is 25.3 Å². The van der Waals surface area contributed by atoms with Crippen molar-refractivity contribution in [2.24, 2.45) is 0 Å². The number of rotatable bonds is 4. The van der Waals surface area contributed by atoms with Crippen LogP contribution < -0.4 is 5.06 Å². The smallest absolute Gasteiger partial charge is 0.335 e. The van der Waals surface area contributed by atoms with E-state index >= 15 is 0 Å². The van der Waals surface area contributed by atoms with Crippen molar-refractivity contribution in [3.05, 3.63) is 54.6 Å². The lowest BCUT2D eigenvalue weighted by molar-refractivity contribution is -0.237. The lowest BCUT2D eigenvalue weighted by atomic mass is 9.97. The number of aliphatic hydroxyl groups excluding tert-OH is 3. The van der Waals surface area contributed by atoms with Crippen LogP contribution in [0.3, 0.4) is 0 Å². The average Bonchev–Trinajstić information content (AvgIpc) is 2.66. The molecule has 1 fully saturated rings. The SMILES string of the molecule is O=C(O)[C@H]1OC(N(O)c2ccc(-c3ccccc3)cc2)[C@H](O)[C@@H](O)[C@@H]1O. The van der Waals surface area contributed by atoms with Crippen molar-refractivity contribution in [3.63, 3.8) is 0 Å². The molecule has 8 heteroatoms. The van der Waals surface area contributed by atoms with E-state index < -0.39 is 36.6 Å². The van der Waals surface area contributed by atoms with Gasteiger partial charge in [-0.2, -0.15) is 0 Å². The molecule has 1 aliphatic heterocycles. The molecule has 5 N–H and O–H groups in total. The van der Waals surface area contributed by atoms with Crippen molar-refractivity contribution in [2.45, 2.75) is 30.6 Å². The largest absolute Gasteiger partial charge is 0.479 e. The predicted octanol–water partition coefficient (Wildman–Crippen LogP) is 0.441. The first-order valence-electron chi connectivity index (χ1n) is 7.96. The molecule has 5 atom stereocenters. The van der Waals surface area contributed by atoms with Gasteiger partial charge in [-0.1, -0.05) is 42.5 Å². The van der Waals surface area contributed by atoms with Crippen molar-refractivity contribution in [3.8, 4) is 11.1 Å². The summed E-state index contributed by atoms with van der Waals surface area (Å²) in [6.45, 7) is 0. The van der Waals surface area contributed by atoms with Crippen LogP contribution in [-0.2, 0) is 9.53 Å². The molecule has 1 unspecified atom stereocenters. The number of ether oxygens (including phenoxy) is 1. The van der Waals surface area contributed by atoms with Gasteiger partial charge in [0, 0.05) is 0 Å². The number of nitrogens with zero attached hydrogens (tertiary/aromatic N) is 1. The molecule has 8 nitrogen and oxygen atoms in total. The van der Waals surface area contributed by atoms with E-state index in [0.29, 0.717) is 5.06 Å². The Morgan fingerprint density at radius 3 is 2.00 bits per heavy atom. The molecule has 0 bridgehead atoms. The Labute approximate surface area is 149 Å². The molecule has 0 aromatic heterocycles. The molecule has 0 amide bonds. The first-order valence-corrected chi connectivity index (χ1v) is 7.96. The Morgan fingerprint density at radius 1 is 0.846 bits per heavy atom. The highest BCUT2D eigenvalue weighted by molar-refractivity contribution is 5.73. The van der Waals surface area contributed by atoms with Crippen molar-refractivity contribution in [1.29, 1.82) is 0 Å². The van der Waals surface area contributed by atoms with Gasteiger partial charge in [0.25, 0.3) is 0 Å². The van der Waals surface area contributed by atoms with Crippen LogP contribution in [0.2, 0.25) is 0 Å². The zero-order valence-electron chi connectivity index (χ0n) is 13.6. The highest BCUT2D eigenvalue weighted by Crippen LogP contribution is 2.28. The number of hydrogen-bond donors (Lipinski definition) is 5. The van der Waals surface area contributed by atoms with E-state index in [2.05, 4.69) is 0 Å². The molecule has 0 aliphatic carbocycles. The van der Waals surface area contributed by atoms with Gasteiger partial charge < -0.3 is 25.2 Å². The molecule has 3 rings (SSSR count). The van der Waals surface area contributed by atoms with E-state index in [1.807, 2.05) is 30.3 Å². The molecule has 1 saturated heterocycles. The summed E-state index contributed by atoms with van der Waals surface area (Å²) in [5.74, 6) is -1.51. The third-order valence-electron chi connectivity index (χ3n) is 4.31. The van der Waals surface area contributed by atoms with Crippen molar-refractivity contribution in [2.75, 3.05) is 5.06 Å². The van der Waals surface area contributed by atoms with Crippen LogP contribution in [0.25, 0.3) is 11.1 Å². The number of benzene rings is 2. The minimum atomic E-state index is -1.81. The van der Waals surface area contributed by atoms with Crippen molar-refractivity contribution >= 4 is 11.7 Å². The van der Waals surface area contributed by atoms with Crippen LogP contribution in [-0.4, -0.2) is 62.2 Å². The summed E-state index contributed by atoms with van der Waals surface area (Å²) < 4.78 is 5.09. The second-order valence-corrected chi connectivity index (χ2v) is 6.01. The van der Waals surface area contributed by atoms with E-state index in [1.165, 1.54) is 0 Å². The molecular formula is C18H19NO7. The number of carbonyl (C=O) groups is 1. The summed E-state index contributed by atoms with van der Waals surface area (Å²) in [6.07, 6.45) is -8.64. The number of hydroxylamine groups is 1. The molecule has 0 radical (unpaired) electrons. The topological polar surface area (TPSA) is 131 Å². The predicted molar refractivity (Wildman–Crippen MR) is 90.5 cm³/mol. The van der Waals surface area contributed by atoms with E-state index in [-0.39, 0.29) is 5.69 Å². The van der Waals surface area contributed by atoms with E-state index in [1.54, 1.807) is 24.3 Å². The molecular weight excluding hydrogens is 342 g/mol. The summed E-state index contributed by atoms with van der Waals surface area (Å²) >= 11 is 0. The van der Waals surface area contributed by atoms with Gasteiger partial charge in [0.1, 0.15) is 18.3 Å². The molecule has 0 saturated carbocycles. The lowest BCUT2D eigenvalue weighted by Crippen LogP contribution is -2.63. The van der Waals surface area contributed by atoms with E-state index in [4.69, 9.17) is 9.84 Å². The van der Waals surface area contributed by atoms with Crippen molar-refractivity contribution in [1.82, 2.24) is 0 Å². The third kappa shape index (κ3) is 3.41. The summed E-state index contributed by atoms with van der Waals surface area (Å²) in [6, 6.07) is 16.1. The van der Waals surface area contributed by atoms with Gasteiger partial charge in [-0.05, 0) is 23.3 Å². The minimum Gasteiger partial charge on any atom is -0.479 e. The Balaban J connectivity index is 1.81. The van der Waals surface area contributed by atoms with Crippen LogP contribution >= 0.6 is 0 Å². The number of anilines is 1. The first kappa shape index (κ1) is 18.3. The van der Waals surface area contributed by atoms with Crippen LogP contribution in [0.4, 0.5) is 5.69 Å². The molecule has 138 valence electrons. The third-order valence-corrected chi connectivity index (χ3v) is 4.31. The molecule has 1 aliphatic rings. The number of hydrogen-bond acceptors (Lipinski definition) is 7. The first-order chi connectivity index (χ1) is 12.4. The Bertz CT molecular complexity index is 752. The van der Waals surface area contributed by atoms with Gasteiger partial charge >= 0.3 is 5.97 Å². The highest BCUT2D eigenvalue weighted by atomic mass is 16.6. The zero-order chi connectivity index (χ0) is 18.8. The standard InChI is InChI=1S/C18H19NO7/c20-13-14(21)16(18(23)24)26-17(15(13)22)19(25)12-8-6-11(7-9-12)10-4-2-1-3-5-10/h1-9,13-17,20-22,25H,(H,23,24)/t13-,14-,15+,16-,17?/m0/s1. The Morgan fingerprint density at radius 2 is 1.42 bits per heavy atom. The zero-order valence-corrected chi connectivity index (χ0v) is 13.6. The normalized spacial score (nSPS) is 28.5. The quantitative estimate of drug-likeness (QED) is 0.496. The molecule has 0 spiro atoms. The maximum absolute atomic E-state index is 11.1. The Hall–Kier alpha value is -2.49. The van der Waals surface area contributed by atoms with Gasteiger partial charge in [-0.3, -0.25) is 5.21 Å². The molecule has 1 heterocycles. The van der Waals surface area contributed by atoms with Gasteiger partial charge in [-0.15, -0.1) is 0 Å². The maximum atomic E-state index is 11.1. The van der Waals surface area contributed by atoms with Crippen LogP contribution in [0.5, 0.6) is 0 Å². The number of carboxylic acids is 1. The second kappa shape index (κ2) is 7.40. The fraction of sp³-hybridized carbons (Fsp3) is 0.278. The fourth-order valence-corrected chi connectivity index (χ4v) is 2.85. The van der Waals surface area contributed by atoms with Gasteiger partial charge in [0.2, 0.25) is 0 Å². The van der Waals surface area contributed by atoms with Gasteiger partial charge in [0.15, 0.2) is 12.3 Å². The lowest BCUT2D eigenvalue weighted by Gasteiger charge is -2.41. The van der Waals surface area contributed by atoms with Crippen molar-refractivity contribution < 1.29 is 35.2 Å². The molecule has 26 heavy (non-hydrogen) atoms. The summed E-state index contributed by atoms with van der Waals surface area (Å²) in [5, 5.41) is 49.5. The number of aliphatic carboxylic acids is 1. The fourth-order valence-electron chi connectivity index (χ4n) is 2.85. The van der Waals surface area contributed by atoms with Gasteiger partial charge in [-0.25, -0.2) is 9.86 Å².